The summed E-state index contributed by atoms with van der Waals surface area (Å²) < 4.78 is 4.86. The Morgan fingerprint density at radius 1 is 1.13 bits per heavy atom. The number of nitrogens with one attached hydrogen (secondary N) is 1. The second kappa shape index (κ2) is 8.29. The zero-order valence-corrected chi connectivity index (χ0v) is 13.7. The molecule has 0 unspecified atom stereocenters. The molecule has 0 radical (unpaired) electrons. The number of phenols is 1. The molecule has 0 bridgehead atoms. The summed E-state index contributed by atoms with van der Waals surface area (Å²) in [4.78, 5) is 12.5. The average Bonchev–Trinajstić information content (AvgIpc) is 2.56. The predicted octanol–water partition coefficient (Wildman–Crippen LogP) is 2.64. The van der Waals surface area contributed by atoms with Crippen molar-refractivity contribution in [1.29, 1.82) is 0 Å². The number of benzene rings is 2. The van der Waals surface area contributed by atoms with Gasteiger partial charge in [-0.25, -0.2) is 4.79 Å². The standard InChI is InChI=1S/C18H19NO3S/c1-22-18(21)16(11-13-5-3-2-4-6-13)19-17(23)12-14-7-9-15(20)10-8-14/h2-10,16,20H,11-12H2,1H3,(H,19,23)/t16-/m0/s1. The molecule has 0 aliphatic rings. The van der Waals surface area contributed by atoms with Crippen molar-refractivity contribution < 1.29 is 14.6 Å². The fourth-order valence-electron chi connectivity index (χ4n) is 2.23. The molecule has 0 aromatic heterocycles. The molecule has 23 heavy (non-hydrogen) atoms. The maximum atomic E-state index is 12.0. The minimum atomic E-state index is -0.521. The van der Waals surface area contributed by atoms with Gasteiger partial charge in [-0.2, -0.15) is 0 Å². The minimum Gasteiger partial charge on any atom is -0.508 e. The highest BCUT2D eigenvalue weighted by Gasteiger charge is 2.20. The van der Waals surface area contributed by atoms with Crippen molar-refractivity contribution in [1.82, 2.24) is 5.32 Å². The van der Waals surface area contributed by atoms with Gasteiger partial charge < -0.3 is 15.2 Å². The van der Waals surface area contributed by atoms with Crippen LogP contribution in [0.1, 0.15) is 11.1 Å². The molecule has 0 aliphatic carbocycles. The molecule has 120 valence electrons. The van der Waals surface area contributed by atoms with E-state index in [1.807, 2.05) is 30.3 Å². The van der Waals surface area contributed by atoms with E-state index in [-0.39, 0.29) is 11.7 Å². The zero-order chi connectivity index (χ0) is 16.7. The number of methoxy groups -OCH3 is 1. The molecular weight excluding hydrogens is 310 g/mol. The first-order chi connectivity index (χ1) is 11.1. The van der Waals surface area contributed by atoms with E-state index >= 15 is 0 Å². The van der Waals surface area contributed by atoms with Crippen LogP contribution in [0.3, 0.4) is 0 Å². The average molecular weight is 329 g/mol. The lowest BCUT2D eigenvalue weighted by Gasteiger charge is -2.18. The van der Waals surface area contributed by atoms with Crippen LogP contribution < -0.4 is 5.32 Å². The molecule has 0 amide bonds. The van der Waals surface area contributed by atoms with Gasteiger partial charge in [0.25, 0.3) is 0 Å². The Hall–Kier alpha value is -2.40. The van der Waals surface area contributed by atoms with Crippen LogP contribution in [-0.4, -0.2) is 29.2 Å². The van der Waals surface area contributed by atoms with Crippen LogP contribution in [0.15, 0.2) is 54.6 Å². The Morgan fingerprint density at radius 3 is 2.39 bits per heavy atom. The van der Waals surface area contributed by atoms with Gasteiger partial charge in [0.05, 0.1) is 12.1 Å². The summed E-state index contributed by atoms with van der Waals surface area (Å²) in [5, 5.41) is 12.4. The maximum Gasteiger partial charge on any atom is 0.328 e. The van der Waals surface area contributed by atoms with E-state index in [1.54, 1.807) is 24.3 Å². The molecule has 0 saturated carbocycles. The van der Waals surface area contributed by atoms with Gasteiger partial charge in [0.2, 0.25) is 0 Å². The van der Waals surface area contributed by atoms with Crippen LogP contribution in [0.2, 0.25) is 0 Å². The number of thiocarbonyl (C=S) groups is 1. The van der Waals surface area contributed by atoms with Crippen LogP contribution in [0.5, 0.6) is 5.75 Å². The molecule has 0 aliphatic heterocycles. The highest BCUT2D eigenvalue weighted by molar-refractivity contribution is 7.80. The molecule has 2 N–H and O–H groups in total. The highest BCUT2D eigenvalue weighted by Crippen LogP contribution is 2.11. The number of phenolic OH excluding ortho intramolecular Hbond substituents is 1. The lowest BCUT2D eigenvalue weighted by Crippen LogP contribution is -2.43. The van der Waals surface area contributed by atoms with Gasteiger partial charge in [0.15, 0.2) is 0 Å². The summed E-state index contributed by atoms with van der Waals surface area (Å²) in [5.41, 5.74) is 1.99. The van der Waals surface area contributed by atoms with E-state index in [0.29, 0.717) is 17.8 Å². The van der Waals surface area contributed by atoms with Gasteiger partial charge >= 0.3 is 5.97 Å². The lowest BCUT2D eigenvalue weighted by atomic mass is 10.1. The number of esters is 1. The van der Waals surface area contributed by atoms with Crippen molar-refractivity contribution in [2.24, 2.45) is 0 Å². The van der Waals surface area contributed by atoms with Crippen molar-refractivity contribution in [2.75, 3.05) is 7.11 Å². The van der Waals surface area contributed by atoms with Crippen LogP contribution in [0.4, 0.5) is 0 Å². The normalized spacial score (nSPS) is 11.5. The highest BCUT2D eigenvalue weighted by atomic mass is 32.1. The van der Waals surface area contributed by atoms with Crippen molar-refractivity contribution in [3.05, 3.63) is 65.7 Å². The fraction of sp³-hybridized carbons (Fsp3) is 0.222. The van der Waals surface area contributed by atoms with Gasteiger partial charge in [0.1, 0.15) is 11.8 Å². The van der Waals surface area contributed by atoms with Crippen molar-refractivity contribution in [3.63, 3.8) is 0 Å². The smallest absolute Gasteiger partial charge is 0.328 e. The number of rotatable bonds is 6. The molecule has 2 aromatic carbocycles. The third kappa shape index (κ3) is 5.38. The minimum absolute atomic E-state index is 0.212. The SMILES string of the molecule is COC(=O)[C@H](Cc1ccccc1)NC(=S)Cc1ccc(O)cc1. The van der Waals surface area contributed by atoms with E-state index < -0.39 is 6.04 Å². The Morgan fingerprint density at radius 2 is 1.78 bits per heavy atom. The molecule has 0 fully saturated rings. The Bertz CT molecular complexity index is 656. The maximum absolute atomic E-state index is 12.0. The first-order valence-corrected chi connectivity index (χ1v) is 7.68. The van der Waals surface area contributed by atoms with Gasteiger partial charge in [-0.05, 0) is 23.3 Å². The van der Waals surface area contributed by atoms with E-state index in [4.69, 9.17) is 17.0 Å². The van der Waals surface area contributed by atoms with E-state index in [9.17, 15) is 9.90 Å². The summed E-state index contributed by atoms with van der Waals surface area (Å²) in [6.45, 7) is 0. The van der Waals surface area contributed by atoms with Gasteiger partial charge in [0, 0.05) is 12.8 Å². The second-order valence-electron chi connectivity index (χ2n) is 5.18. The lowest BCUT2D eigenvalue weighted by molar-refractivity contribution is -0.142. The Kier molecular flexibility index (Phi) is 6.11. The third-order valence-corrected chi connectivity index (χ3v) is 3.67. The molecule has 0 spiro atoms. The third-order valence-electron chi connectivity index (χ3n) is 3.40. The van der Waals surface area contributed by atoms with Crippen LogP contribution in [0, 0.1) is 0 Å². The molecule has 4 nitrogen and oxygen atoms in total. The number of ether oxygens (including phenoxy) is 1. The quantitative estimate of drug-likeness (QED) is 0.630. The van der Waals surface area contributed by atoms with E-state index in [0.717, 1.165) is 11.1 Å². The second-order valence-corrected chi connectivity index (χ2v) is 5.67. The molecule has 5 heteroatoms. The topological polar surface area (TPSA) is 58.6 Å². The van der Waals surface area contributed by atoms with Gasteiger partial charge in [-0.15, -0.1) is 0 Å². The molecule has 1 atom stereocenters. The number of hydrogen-bond donors (Lipinski definition) is 2. The van der Waals surface area contributed by atoms with E-state index in [1.165, 1.54) is 7.11 Å². The summed E-state index contributed by atoms with van der Waals surface area (Å²) in [6.07, 6.45) is 1.00. The largest absolute Gasteiger partial charge is 0.508 e. The molecule has 2 rings (SSSR count). The molecule has 0 heterocycles. The monoisotopic (exact) mass is 329 g/mol. The number of carbonyl (C=O) groups is 1. The zero-order valence-electron chi connectivity index (χ0n) is 12.9. The molecular formula is C18H19NO3S. The Labute approximate surface area is 141 Å². The first-order valence-electron chi connectivity index (χ1n) is 7.27. The van der Waals surface area contributed by atoms with Crippen molar-refractivity contribution in [2.45, 2.75) is 18.9 Å². The summed E-state index contributed by atoms with van der Waals surface area (Å²) in [7, 11) is 1.37. The molecule has 0 saturated heterocycles. The number of carbonyl (C=O) groups excluding carboxylic acids is 1. The van der Waals surface area contributed by atoms with Crippen LogP contribution >= 0.6 is 12.2 Å². The van der Waals surface area contributed by atoms with Crippen molar-refractivity contribution >= 4 is 23.2 Å². The van der Waals surface area contributed by atoms with E-state index in [2.05, 4.69) is 5.32 Å². The summed E-state index contributed by atoms with van der Waals surface area (Å²) in [6, 6.07) is 16.0. The van der Waals surface area contributed by atoms with Crippen LogP contribution in [0.25, 0.3) is 0 Å². The van der Waals surface area contributed by atoms with Gasteiger partial charge in [-0.3, -0.25) is 0 Å². The Balaban J connectivity index is 2.00. The summed E-state index contributed by atoms with van der Waals surface area (Å²) >= 11 is 5.35. The van der Waals surface area contributed by atoms with Crippen LogP contribution in [-0.2, 0) is 22.4 Å². The predicted molar refractivity (Wildman–Crippen MR) is 93.5 cm³/mol. The first kappa shape index (κ1) is 17.0. The number of aromatic hydroxyl groups is 1. The van der Waals surface area contributed by atoms with Gasteiger partial charge in [-0.1, -0.05) is 54.7 Å². The summed E-state index contributed by atoms with van der Waals surface area (Å²) in [5.74, 6) is -0.133. The molecule has 2 aromatic rings. The van der Waals surface area contributed by atoms with Crippen molar-refractivity contribution in [3.8, 4) is 5.75 Å². The number of hydrogen-bond acceptors (Lipinski definition) is 4. The fourth-order valence-corrected chi connectivity index (χ4v) is 2.54.